The minimum Gasteiger partial charge on any atom is -0.390 e. The highest BCUT2D eigenvalue weighted by atomic mass is 16.3. The van der Waals surface area contributed by atoms with E-state index >= 15 is 0 Å². The molecule has 16 aliphatic carbocycles. The lowest BCUT2D eigenvalue weighted by atomic mass is 9.48. The molecule has 22 heteroatoms. The van der Waals surface area contributed by atoms with Crippen LogP contribution in [0, 0.1) is 202 Å². The van der Waals surface area contributed by atoms with Crippen LogP contribution in [0.4, 0.5) is 11.4 Å². The predicted octanol–water partition coefficient (Wildman–Crippen LogP) is 19.4. The molecule has 0 unspecified atom stereocenters. The van der Waals surface area contributed by atoms with Crippen LogP contribution < -0.4 is 0 Å². The van der Waals surface area contributed by atoms with E-state index in [9.17, 15) is 39.6 Å². The summed E-state index contributed by atoms with van der Waals surface area (Å²) in [7, 11) is 13.1. The van der Waals surface area contributed by atoms with E-state index in [4.69, 9.17) is 13.1 Å². The summed E-state index contributed by atoms with van der Waals surface area (Å²) >= 11 is 0. The monoisotopic (exact) mass is 1850 g/mol. The second kappa shape index (κ2) is 38.7. The number of carbonyl (C=O) groups excluding carboxylic acids is 4. The van der Waals surface area contributed by atoms with Gasteiger partial charge in [-0.15, -0.1) is 0 Å². The van der Waals surface area contributed by atoms with Gasteiger partial charge >= 0.3 is 0 Å². The first-order valence-corrected chi connectivity index (χ1v) is 53.8. The Bertz CT molecular complexity index is 5050. The molecule has 4 heterocycles. The number of rotatable bonds is 19. The Labute approximate surface area is 808 Å². The largest absolute Gasteiger partial charge is 0.390 e. The number of aromatic nitrogens is 9. The van der Waals surface area contributed by atoms with Crippen molar-refractivity contribution in [3.8, 4) is 0 Å². The topological polar surface area (TPSA) is 252 Å². The average molecular weight is 1850 g/mol. The maximum atomic E-state index is 13.8. The third-order valence-electron chi connectivity index (χ3n) is 41.9. The number of fused-ring (bicyclic) bond motifs is 20. The van der Waals surface area contributed by atoms with Crippen molar-refractivity contribution in [2.75, 3.05) is 61.9 Å². The van der Waals surface area contributed by atoms with Crippen LogP contribution >= 0.6 is 0 Å². The third-order valence-corrected chi connectivity index (χ3v) is 41.9. The second-order valence-corrected chi connectivity index (χ2v) is 51.4. The number of aliphatic hydroxyl groups is 4. The summed E-state index contributed by atoms with van der Waals surface area (Å²) in [5, 5.41) is 64.2. The fraction of sp³-hybridized carbons (Fsp3) is 0.796. The van der Waals surface area contributed by atoms with Crippen molar-refractivity contribution in [3.63, 3.8) is 0 Å². The summed E-state index contributed by atoms with van der Waals surface area (Å²) in [6, 6.07) is 11.0. The second-order valence-electron chi connectivity index (χ2n) is 51.4. The molecular formula is C113H168N14O8. The first-order valence-electron chi connectivity index (χ1n) is 53.8. The number of aryl methyl sites for hydroxylation is 1. The number of ketones is 4. The quantitative estimate of drug-likeness (QED) is 0.0561. The zero-order valence-electron chi connectivity index (χ0n) is 84.9. The van der Waals surface area contributed by atoms with Gasteiger partial charge in [-0.2, -0.15) is 30.3 Å². The van der Waals surface area contributed by atoms with E-state index in [0.717, 1.165) is 181 Å². The Morgan fingerprint density at radius 1 is 0.363 bits per heavy atom. The molecule has 135 heavy (non-hydrogen) atoms. The SMILES string of the molecule is CN(C)C[C@@H]1C[C@H](C(=O)Cn2nccn2)[C@@]2(C)CC[C@H]3[C@@H](CC[C@@H]4C[C@](C)(O)CC[C@@H]43)[C@H]12.Cc1cnn(CC(=O)[C@H]2C[C@@H](CN(C)C)[C@H]3[C@@H]4CC[C@@H]5C[C@](C)(O)CC[C@@H]5[C@H]4CC[C@@]32C)c1.[C-]#[N+]c1cnn(CC(=O)[C@H]2C[C@@H](CN(C)C)[C@H]3[C@@H]4CC[C@@H]5C[C@](C)(O)CC[C@@H]5[C@H]4CC[C@@]32C)c1.[C-]#[N+]c1cnn(CC(=O)[C@H]2C[C@@H](c3ccccc3)[C@H]3[C@@H]4CC[C@@H]5C[C@](C)(O)CC[C@@H]5[C@H]4CC[C@@]32C)c1. The summed E-state index contributed by atoms with van der Waals surface area (Å²) in [6.07, 6.45) is 49.8. The highest BCUT2D eigenvalue weighted by Crippen LogP contribution is 2.73. The van der Waals surface area contributed by atoms with E-state index in [0.29, 0.717) is 125 Å². The molecule has 0 radical (unpaired) electrons. The minimum atomic E-state index is -0.492. The van der Waals surface area contributed by atoms with Crippen LogP contribution in [0.15, 0.2) is 79.9 Å². The predicted molar refractivity (Wildman–Crippen MR) is 526 cm³/mol. The molecule has 16 aliphatic rings. The van der Waals surface area contributed by atoms with Gasteiger partial charge in [0.1, 0.15) is 6.54 Å². The molecule has 0 bridgehead atoms. The van der Waals surface area contributed by atoms with E-state index in [1.165, 1.54) is 115 Å². The number of hydrogen-bond acceptors (Lipinski definition) is 16. The van der Waals surface area contributed by atoms with Crippen LogP contribution in [-0.2, 0) is 45.4 Å². The smallest absolute Gasteiger partial charge is 0.224 e. The molecule has 5 aromatic rings. The number of nitrogens with zero attached hydrogens (tertiary/aromatic N) is 14. The first-order chi connectivity index (χ1) is 64.1. The molecule has 1 aromatic carbocycles. The fourth-order valence-corrected chi connectivity index (χ4v) is 37.2. The van der Waals surface area contributed by atoms with Gasteiger partial charge in [-0.1, -0.05) is 58.0 Å². The Morgan fingerprint density at radius 3 is 0.970 bits per heavy atom. The standard InChI is InChI=1S/C31H39N3O2.C28H42N4O2.C28H45N3O2.C26H42N4O2/c1-30(36)13-11-23-21(16-30)9-10-25-24(23)12-14-31(2)27(28(35)19-34-18-22(32-3)17-33-34)15-26(29(25)31)20-7-5-4-6-8-20;1-27(34)10-8-21-18(13-27)6-7-23-22(21)9-11-28(2)24(12-19(26(23)28)15-31(4)5)25(33)17-32-16-20(29-3)14-30-32;1-18-14-29-31(15-18)17-25(32)24-12-20(16-30(4)5)26-23-7-6-19-13-27(2,33)10-8-21(19)22(23)9-11-28(24,26)3;1-25(32)9-7-19-17(14-25)5-6-21-20(19)8-10-26(2)22(13-18(24(21)26)15-29(3)4)23(31)16-30-27-11-12-28-30/h4-8,17-18,21,23-27,29,36H,9-16,19H2,1-2H3;14,16,18-19,21-24,26,34H,6-13,15,17H2,1-2,4-5H3;14-15,19-24,26,33H,6-13,16-17H2,1-5H3;11-12,17-22,24,32H,5-10,13-16H2,1-4H3/t21-,23+,24-,25-,26+,27-,29-,30-,31-;18-,19+,21+,22-,23-,24-,26+,27-,28-;19-,20+,21+,22-,23-,24-,26+,27-,28-;17-,18+,19+,20-,21-,22-,24+,25-,26-/m1111/s1. The van der Waals surface area contributed by atoms with Gasteiger partial charge in [0.05, 0.1) is 86.2 Å². The van der Waals surface area contributed by atoms with E-state index in [1.807, 2.05) is 44.8 Å². The van der Waals surface area contributed by atoms with E-state index < -0.39 is 22.4 Å². The Kier molecular flexibility index (Phi) is 28.2. The fourth-order valence-electron chi connectivity index (χ4n) is 37.2. The van der Waals surface area contributed by atoms with Gasteiger partial charge in [0.2, 0.25) is 11.4 Å². The van der Waals surface area contributed by atoms with E-state index in [2.05, 4.69) is 157 Å². The molecule has 0 saturated heterocycles. The maximum absolute atomic E-state index is 13.8. The normalized spacial score (nSPS) is 43.9. The molecule has 738 valence electrons. The van der Waals surface area contributed by atoms with Gasteiger partial charge in [0.15, 0.2) is 23.1 Å². The molecule has 21 rings (SSSR count). The number of hydrogen-bond donors (Lipinski definition) is 4. The van der Waals surface area contributed by atoms with Crippen LogP contribution in [0.1, 0.15) is 278 Å². The molecule has 4 aromatic heterocycles. The summed E-state index contributed by atoms with van der Waals surface area (Å²) < 4.78 is 5.17. The molecule has 4 N–H and O–H groups in total. The van der Waals surface area contributed by atoms with Crippen molar-refractivity contribution in [2.24, 2.45) is 181 Å². The van der Waals surface area contributed by atoms with E-state index in [-0.39, 0.29) is 64.2 Å². The third kappa shape index (κ3) is 19.6. The van der Waals surface area contributed by atoms with Crippen LogP contribution in [0.25, 0.3) is 9.69 Å². The molecule has 0 aliphatic heterocycles. The summed E-state index contributed by atoms with van der Waals surface area (Å²) in [6.45, 7) is 38.9. The van der Waals surface area contributed by atoms with Crippen molar-refractivity contribution in [1.29, 1.82) is 0 Å². The van der Waals surface area contributed by atoms with Gasteiger partial charge < -0.3 is 35.1 Å². The maximum Gasteiger partial charge on any atom is 0.224 e. The van der Waals surface area contributed by atoms with Crippen LogP contribution in [0.2, 0.25) is 0 Å². The van der Waals surface area contributed by atoms with E-state index in [1.54, 1.807) is 51.3 Å². The lowest BCUT2D eigenvalue weighted by molar-refractivity contribution is -0.134. The summed E-state index contributed by atoms with van der Waals surface area (Å²) in [5.74, 6) is 18.0. The van der Waals surface area contributed by atoms with Crippen molar-refractivity contribution < 1.29 is 39.6 Å². The van der Waals surface area contributed by atoms with Crippen LogP contribution in [0.5, 0.6) is 0 Å². The Hall–Kier alpha value is -6.63. The summed E-state index contributed by atoms with van der Waals surface area (Å²) in [4.78, 5) is 70.2. The molecule has 0 amide bonds. The van der Waals surface area contributed by atoms with Gasteiger partial charge in [0.25, 0.3) is 0 Å². The number of benzene rings is 1. The number of Topliss-reactive ketones (excluding diaryl/α,β-unsaturated/α-hetero) is 4. The van der Waals surface area contributed by atoms with Crippen molar-refractivity contribution in [2.45, 2.75) is 322 Å². The molecule has 16 fully saturated rings. The highest BCUT2D eigenvalue weighted by Gasteiger charge is 2.68. The van der Waals surface area contributed by atoms with Crippen molar-refractivity contribution >= 4 is 34.5 Å². The van der Waals surface area contributed by atoms with Crippen molar-refractivity contribution in [1.82, 2.24) is 59.0 Å². The Balaban J connectivity index is 0.000000120. The molecular weight excluding hydrogens is 1680 g/mol. The van der Waals surface area contributed by atoms with Crippen LogP contribution in [-0.4, -0.2) is 187 Å². The van der Waals surface area contributed by atoms with Gasteiger partial charge in [-0.3, -0.25) is 33.2 Å². The molecule has 0 spiro atoms. The molecule has 36 atom stereocenters. The first kappa shape index (κ1) is 98.5. The minimum absolute atomic E-state index is 0.00152. The zero-order chi connectivity index (χ0) is 95.5. The highest BCUT2D eigenvalue weighted by molar-refractivity contribution is 5.84. The van der Waals surface area contributed by atoms with Crippen LogP contribution in [0.3, 0.4) is 0 Å². The zero-order valence-corrected chi connectivity index (χ0v) is 84.9. The molecule has 16 saturated carbocycles. The molecule has 22 nitrogen and oxygen atoms in total. The lowest BCUT2D eigenvalue weighted by Crippen LogP contribution is -2.52. The lowest BCUT2D eigenvalue weighted by Gasteiger charge is -2.57. The van der Waals surface area contributed by atoms with Crippen molar-refractivity contribution in [3.05, 3.63) is 114 Å². The summed E-state index contributed by atoms with van der Waals surface area (Å²) in [5.41, 5.74) is 1.89. The van der Waals surface area contributed by atoms with Gasteiger partial charge in [-0.25, -0.2) is 9.69 Å². The average Bonchev–Trinajstić information content (AvgIpc) is 1.54. The Morgan fingerprint density at radius 2 is 0.659 bits per heavy atom. The number of carbonyl (C=O) groups is 4. The van der Waals surface area contributed by atoms with Gasteiger partial charge in [0, 0.05) is 61.9 Å². The van der Waals surface area contributed by atoms with Gasteiger partial charge in [-0.05, 0) is 457 Å².